The van der Waals surface area contributed by atoms with Gasteiger partial charge in [-0.2, -0.15) is 8.78 Å². The highest BCUT2D eigenvalue weighted by atomic mass is 35.7. The molecule has 0 unspecified atom stereocenters. The van der Waals surface area contributed by atoms with E-state index in [0.29, 0.717) is 0 Å². The summed E-state index contributed by atoms with van der Waals surface area (Å²) in [6.45, 7) is -3.47. The summed E-state index contributed by atoms with van der Waals surface area (Å²) in [7, 11) is 0.457. The van der Waals surface area contributed by atoms with E-state index in [1.165, 1.54) is 0 Å². The van der Waals surface area contributed by atoms with Crippen molar-refractivity contribution in [1.82, 2.24) is 0 Å². The lowest BCUT2D eigenvalue weighted by molar-refractivity contribution is -0.386. The van der Waals surface area contributed by atoms with E-state index in [1.54, 1.807) is 0 Å². The molecule has 0 saturated carbocycles. The second-order valence-electron chi connectivity index (χ2n) is 2.80. The molecule has 0 spiro atoms. The van der Waals surface area contributed by atoms with Crippen molar-refractivity contribution in [2.45, 2.75) is 11.5 Å². The van der Waals surface area contributed by atoms with Crippen molar-refractivity contribution in [3.63, 3.8) is 0 Å². The standard InChI is InChI=1S/C7H3Cl2F2NO5S/c8-3-1-2-4(18(9,15)16)6(17-7(10)11)5(3)12(13)14/h1-2,7H. The molecule has 11 heteroatoms. The van der Waals surface area contributed by atoms with Gasteiger partial charge in [0.15, 0.2) is 0 Å². The van der Waals surface area contributed by atoms with Crippen LogP contribution in [0.5, 0.6) is 5.75 Å². The number of nitro groups is 1. The molecule has 100 valence electrons. The van der Waals surface area contributed by atoms with Crippen molar-refractivity contribution in [3.8, 4) is 5.75 Å². The largest absolute Gasteiger partial charge is 0.426 e. The maximum absolute atomic E-state index is 12.1. The summed E-state index contributed by atoms with van der Waals surface area (Å²) in [5.74, 6) is -1.20. The molecule has 0 radical (unpaired) electrons. The fourth-order valence-electron chi connectivity index (χ4n) is 1.09. The minimum absolute atomic E-state index is 0.556. The molecule has 0 bridgehead atoms. The summed E-state index contributed by atoms with van der Waals surface area (Å²) >= 11 is 5.43. The van der Waals surface area contributed by atoms with E-state index in [-0.39, 0.29) is 0 Å². The Bertz CT molecular complexity index is 592. The Balaban J connectivity index is 3.65. The van der Waals surface area contributed by atoms with E-state index in [4.69, 9.17) is 22.3 Å². The van der Waals surface area contributed by atoms with Crippen LogP contribution in [0, 0.1) is 10.1 Å². The second kappa shape index (κ2) is 5.21. The Morgan fingerprint density at radius 2 is 1.94 bits per heavy atom. The number of hydrogen-bond acceptors (Lipinski definition) is 5. The van der Waals surface area contributed by atoms with Crippen molar-refractivity contribution < 1.29 is 26.9 Å². The normalized spacial score (nSPS) is 11.6. The van der Waals surface area contributed by atoms with Gasteiger partial charge in [0, 0.05) is 10.7 Å². The zero-order valence-electron chi connectivity index (χ0n) is 8.14. The molecular weight excluding hydrogens is 319 g/mol. The smallest absolute Gasteiger partial charge is 0.387 e. The number of hydrogen-bond donors (Lipinski definition) is 0. The van der Waals surface area contributed by atoms with Gasteiger partial charge in [0.1, 0.15) is 9.92 Å². The minimum atomic E-state index is -4.50. The summed E-state index contributed by atoms with van der Waals surface area (Å²) < 4.78 is 50.3. The van der Waals surface area contributed by atoms with Crippen LogP contribution in [0.3, 0.4) is 0 Å². The van der Waals surface area contributed by atoms with Crippen molar-refractivity contribution in [1.29, 1.82) is 0 Å². The number of nitrogens with zero attached hydrogens (tertiary/aromatic N) is 1. The Morgan fingerprint density at radius 1 is 1.39 bits per heavy atom. The minimum Gasteiger partial charge on any atom is -0.426 e. The van der Waals surface area contributed by atoms with E-state index in [1.807, 2.05) is 0 Å². The molecule has 0 fully saturated rings. The lowest BCUT2D eigenvalue weighted by atomic mass is 10.3. The van der Waals surface area contributed by atoms with Gasteiger partial charge in [0.2, 0.25) is 5.75 Å². The number of halogens is 4. The molecule has 0 aromatic heterocycles. The van der Waals surface area contributed by atoms with Crippen molar-refractivity contribution in [3.05, 3.63) is 27.3 Å². The number of alkyl halides is 2. The molecule has 6 nitrogen and oxygen atoms in total. The van der Waals surface area contributed by atoms with Gasteiger partial charge >= 0.3 is 12.3 Å². The third-order valence-corrected chi connectivity index (χ3v) is 3.35. The van der Waals surface area contributed by atoms with Gasteiger partial charge in [0.05, 0.1) is 4.92 Å². The molecule has 0 atom stereocenters. The monoisotopic (exact) mass is 321 g/mol. The fourth-order valence-corrected chi connectivity index (χ4v) is 2.27. The maximum Gasteiger partial charge on any atom is 0.387 e. The quantitative estimate of drug-likeness (QED) is 0.483. The Morgan fingerprint density at radius 3 is 2.33 bits per heavy atom. The van der Waals surface area contributed by atoms with Crippen LogP contribution in [0.4, 0.5) is 14.5 Å². The summed E-state index contributed by atoms with van der Waals surface area (Å²) in [6.07, 6.45) is 0. The van der Waals surface area contributed by atoms with Crippen LogP contribution in [0.2, 0.25) is 5.02 Å². The lowest BCUT2D eigenvalue weighted by Gasteiger charge is -2.09. The molecule has 0 amide bonds. The van der Waals surface area contributed by atoms with Gasteiger partial charge < -0.3 is 4.74 Å². The lowest BCUT2D eigenvalue weighted by Crippen LogP contribution is -2.08. The summed E-state index contributed by atoms with van der Waals surface area (Å²) in [6, 6.07) is 1.57. The number of ether oxygens (including phenoxy) is 1. The van der Waals surface area contributed by atoms with E-state index in [2.05, 4.69) is 4.74 Å². The van der Waals surface area contributed by atoms with Crippen LogP contribution >= 0.6 is 22.3 Å². The van der Waals surface area contributed by atoms with E-state index < -0.39 is 41.9 Å². The first-order valence-electron chi connectivity index (χ1n) is 4.01. The molecule has 0 heterocycles. The highest BCUT2D eigenvalue weighted by Crippen LogP contribution is 2.41. The third kappa shape index (κ3) is 3.18. The molecule has 0 saturated heterocycles. The van der Waals surface area contributed by atoms with Crippen LogP contribution in [0.25, 0.3) is 0 Å². The summed E-state index contributed by atoms with van der Waals surface area (Å²) in [5.41, 5.74) is -1.10. The van der Waals surface area contributed by atoms with E-state index in [0.717, 1.165) is 12.1 Å². The fraction of sp³-hybridized carbons (Fsp3) is 0.143. The van der Waals surface area contributed by atoms with E-state index in [9.17, 15) is 27.3 Å². The predicted octanol–water partition coefficient (Wildman–Crippen LogP) is 2.78. The summed E-state index contributed by atoms with van der Waals surface area (Å²) in [4.78, 5) is 8.56. The molecule has 0 aliphatic rings. The van der Waals surface area contributed by atoms with Gasteiger partial charge in [-0.25, -0.2) is 8.42 Å². The Labute approximate surface area is 109 Å². The van der Waals surface area contributed by atoms with Gasteiger partial charge in [-0.3, -0.25) is 10.1 Å². The van der Waals surface area contributed by atoms with Crippen LogP contribution < -0.4 is 4.74 Å². The predicted molar refractivity (Wildman–Crippen MR) is 57.8 cm³/mol. The maximum atomic E-state index is 12.1. The van der Waals surface area contributed by atoms with Crippen LogP contribution in [0.1, 0.15) is 0 Å². The number of rotatable bonds is 4. The first kappa shape index (κ1) is 14.9. The molecule has 1 rings (SSSR count). The second-order valence-corrected chi connectivity index (χ2v) is 5.74. The average molecular weight is 322 g/mol. The molecule has 1 aromatic carbocycles. The first-order chi connectivity index (χ1) is 8.14. The van der Waals surface area contributed by atoms with Gasteiger partial charge in [-0.1, -0.05) is 11.6 Å². The number of nitro benzene ring substituents is 1. The molecule has 0 aliphatic carbocycles. The highest BCUT2D eigenvalue weighted by molar-refractivity contribution is 8.13. The molecule has 1 aromatic rings. The Hall–Kier alpha value is -1.19. The molecule has 18 heavy (non-hydrogen) atoms. The highest BCUT2D eigenvalue weighted by Gasteiger charge is 2.31. The molecule has 0 aliphatic heterocycles. The SMILES string of the molecule is O=[N+]([O-])c1c(Cl)ccc(S(=O)(=O)Cl)c1OC(F)F. The summed E-state index contributed by atoms with van der Waals surface area (Å²) in [5, 5.41) is 10.1. The Kier molecular flexibility index (Phi) is 4.30. The topological polar surface area (TPSA) is 86.5 Å². The van der Waals surface area contributed by atoms with Crippen LogP contribution in [-0.2, 0) is 9.05 Å². The van der Waals surface area contributed by atoms with Crippen molar-refractivity contribution >= 4 is 37.0 Å². The molecule has 0 N–H and O–H groups in total. The van der Waals surface area contributed by atoms with Crippen molar-refractivity contribution in [2.24, 2.45) is 0 Å². The average Bonchev–Trinajstić information content (AvgIpc) is 2.13. The van der Waals surface area contributed by atoms with E-state index >= 15 is 0 Å². The van der Waals surface area contributed by atoms with Crippen LogP contribution in [0.15, 0.2) is 17.0 Å². The zero-order valence-corrected chi connectivity index (χ0v) is 10.5. The zero-order chi connectivity index (χ0) is 14.1. The van der Waals surface area contributed by atoms with Gasteiger partial charge in [-0.15, -0.1) is 0 Å². The van der Waals surface area contributed by atoms with Crippen molar-refractivity contribution in [2.75, 3.05) is 0 Å². The molecular formula is C7H3Cl2F2NO5S. The van der Waals surface area contributed by atoms with Gasteiger partial charge in [-0.05, 0) is 12.1 Å². The van der Waals surface area contributed by atoms with Gasteiger partial charge in [0.25, 0.3) is 9.05 Å². The third-order valence-electron chi connectivity index (χ3n) is 1.70. The van der Waals surface area contributed by atoms with Crippen LogP contribution in [-0.4, -0.2) is 20.0 Å². The number of benzene rings is 1. The first-order valence-corrected chi connectivity index (χ1v) is 6.69.